The van der Waals surface area contributed by atoms with E-state index < -0.39 is 0 Å². The van der Waals surface area contributed by atoms with E-state index in [0.717, 1.165) is 5.56 Å². The van der Waals surface area contributed by atoms with Gasteiger partial charge < -0.3 is 9.73 Å². The molecule has 3 aromatic rings. The third-order valence-corrected chi connectivity index (χ3v) is 3.20. The minimum Gasteiger partial charge on any atom is -0.459 e. The van der Waals surface area contributed by atoms with E-state index in [1.807, 2.05) is 24.3 Å². The Labute approximate surface area is 126 Å². The van der Waals surface area contributed by atoms with Crippen LogP contribution in [0.2, 0.25) is 5.02 Å². The summed E-state index contributed by atoms with van der Waals surface area (Å²) < 4.78 is 6.76. The number of furan rings is 1. The van der Waals surface area contributed by atoms with E-state index in [1.54, 1.807) is 29.1 Å². The van der Waals surface area contributed by atoms with Gasteiger partial charge in [-0.2, -0.15) is 5.10 Å². The molecule has 5 nitrogen and oxygen atoms in total. The second kappa shape index (κ2) is 5.85. The van der Waals surface area contributed by atoms with Crippen LogP contribution in [0.5, 0.6) is 0 Å². The summed E-state index contributed by atoms with van der Waals surface area (Å²) in [5.41, 5.74) is 1.04. The van der Waals surface area contributed by atoms with E-state index >= 15 is 0 Å². The largest absolute Gasteiger partial charge is 0.459 e. The summed E-state index contributed by atoms with van der Waals surface area (Å²) in [6.07, 6.45) is 3.09. The number of carbonyl (C=O) groups excluding carboxylic acids is 1. The average Bonchev–Trinajstić information content (AvgIpc) is 3.14. The molecule has 0 aliphatic rings. The minimum absolute atomic E-state index is 0.259. The summed E-state index contributed by atoms with van der Waals surface area (Å²) in [7, 11) is 0. The Morgan fingerprint density at radius 2 is 2.05 bits per heavy atom. The fourth-order valence-electron chi connectivity index (χ4n) is 1.91. The number of nitrogens with zero attached hydrogens (tertiary/aromatic N) is 2. The van der Waals surface area contributed by atoms with Crippen LogP contribution >= 0.6 is 11.6 Å². The standard InChI is InChI=1S/C15H12ClN3O2/c16-12-5-3-11(4-6-12)10-19-14(7-8-17-19)18-15(20)13-2-1-9-21-13/h1-9H,10H2,(H,18,20). The molecule has 0 bridgehead atoms. The third-order valence-electron chi connectivity index (χ3n) is 2.95. The van der Waals surface area contributed by atoms with Gasteiger partial charge in [-0.15, -0.1) is 0 Å². The molecular formula is C15H12ClN3O2. The SMILES string of the molecule is O=C(Nc1ccnn1Cc1ccc(Cl)cc1)c1ccco1. The summed E-state index contributed by atoms with van der Waals surface area (Å²) in [6, 6.07) is 12.5. The van der Waals surface area contributed by atoms with Crippen LogP contribution in [0, 0.1) is 0 Å². The average molecular weight is 302 g/mol. The van der Waals surface area contributed by atoms with E-state index in [1.165, 1.54) is 6.26 Å². The first kappa shape index (κ1) is 13.5. The number of amides is 1. The summed E-state index contributed by atoms with van der Waals surface area (Å²) in [5, 5.41) is 7.66. The van der Waals surface area contributed by atoms with Crippen LogP contribution in [0.4, 0.5) is 5.82 Å². The first-order valence-corrected chi connectivity index (χ1v) is 6.71. The quantitative estimate of drug-likeness (QED) is 0.803. The van der Waals surface area contributed by atoms with Crippen molar-refractivity contribution in [2.24, 2.45) is 0 Å². The van der Waals surface area contributed by atoms with Crippen LogP contribution in [0.3, 0.4) is 0 Å². The number of anilines is 1. The van der Waals surface area contributed by atoms with E-state index in [0.29, 0.717) is 17.4 Å². The van der Waals surface area contributed by atoms with Gasteiger partial charge in [0.15, 0.2) is 5.76 Å². The molecule has 1 amide bonds. The third kappa shape index (κ3) is 3.14. The lowest BCUT2D eigenvalue weighted by atomic mass is 10.2. The number of halogens is 1. The maximum atomic E-state index is 12.0. The molecule has 2 heterocycles. The fraction of sp³-hybridized carbons (Fsp3) is 0.0667. The molecule has 0 atom stereocenters. The zero-order valence-electron chi connectivity index (χ0n) is 11.0. The van der Waals surface area contributed by atoms with Crippen molar-refractivity contribution >= 4 is 23.3 Å². The Bertz CT molecular complexity index is 733. The van der Waals surface area contributed by atoms with Crippen LogP contribution in [-0.2, 0) is 6.54 Å². The molecule has 0 fully saturated rings. The molecule has 0 saturated carbocycles. The predicted octanol–water partition coefficient (Wildman–Crippen LogP) is 3.43. The molecule has 21 heavy (non-hydrogen) atoms. The molecule has 0 radical (unpaired) electrons. The molecule has 106 valence electrons. The van der Waals surface area contributed by atoms with Crippen molar-refractivity contribution in [3.63, 3.8) is 0 Å². The topological polar surface area (TPSA) is 60.1 Å². The Hall–Kier alpha value is -2.53. The molecule has 3 rings (SSSR count). The summed E-state index contributed by atoms with van der Waals surface area (Å²) in [6.45, 7) is 0.540. The number of carbonyl (C=O) groups is 1. The number of benzene rings is 1. The van der Waals surface area contributed by atoms with E-state index in [9.17, 15) is 4.79 Å². The highest BCUT2D eigenvalue weighted by atomic mass is 35.5. The monoisotopic (exact) mass is 301 g/mol. The van der Waals surface area contributed by atoms with Gasteiger partial charge in [-0.05, 0) is 29.8 Å². The zero-order chi connectivity index (χ0) is 14.7. The Balaban J connectivity index is 1.75. The smallest absolute Gasteiger partial charge is 0.292 e. The second-order valence-corrected chi connectivity index (χ2v) is 4.87. The maximum absolute atomic E-state index is 12.0. The number of hydrogen-bond donors (Lipinski definition) is 1. The van der Waals surface area contributed by atoms with Gasteiger partial charge in [0, 0.05) is 11.1 Å². The number of hydrogen-bond acceptors (Lipinski definition) is 3. The predicted molar refractivity (Wildman–Crippen MR) is 79.4 cm³/mol. The molecule has 0 saturated heterocycles. The van der Waals surface area contributed by atoms with Gasteiger partial charge >= 0.3 is 0 Å². The van der Waals surface area contributed by atoms with Gasteiger partial charge in [0.2, 0.25) is 0 Å². The van der Waals surface area contributed by atoms with Crippen molar-refractivity contribution in [2.45, 2.75) is 6.54 Å². The van der Waals surface area contributed by atoms with E-state index in [2.05, 4.69) is 10.4 Å². The molecule has 2 aromatic heterocycles. The molecule has 1 N–H and O–H groups in total. The van der Waals surface area contributed by atoms with Crippen LogP contribution in [0.25, 0.3) is 0 Å². The number of nitrogens with one attached hydrogen (secondary N) is 1. The molecule has 6 heteroatoms. The van der Waals surface area contributed by atoms with Gasteiger partial charge in [0.25, 0.3) is 5.91 Å². The maximum Gasteiger partial charge on any atom is 0.292 e. The first-order chi connectivity index (χ1) is 10.2. The highest BCUT2D eigenvalue weighted by Gasteiger charge is 2.11. The second-order valence-electron chi connectivity index (χ2n) is 4.43. The molecule has 1 aromatic carbocycles. The van der Waals surface area contributed by atoms with Gasteiger partial charge in [0.1, 0.15) is 5.82 Å². The Morgan fingerprint density at radius 1 is 1.24 bits per heavy atom. The van der Waals surface area contributed by atoms with Gasteiger partial charge in [-0.1, -0.05) is 23.7 Å². The normalized spacial score (nSPS) is 10.5. The van der Waals surface area contributed by atoms with Crippen molar-refractivity contribution in [1.29, 1.82) is 0 Å². The van der Waals surface area contributed by atoms with Crippen LogP contribution in [-0.4, -0.2) is 15.7 Å². The number of aromatic nitrogens is 2. The van der Waals surface area contributed by atoms with Crippen molar-refractivity contribution in [3.05, 3.63) is 71.3 Å². The first-order valence-electron chi connectivity index (χ1n) is 6.33. The van der Waals surface area contributed by atoms with Crippen LogP contribution in [0.15, 0.2) is 59.3 Å². The minimum atomic E-state index is -0.308. The summed E-state index contributed by atoms with van der Waals surface area (Å²) in [4.78, 5) is 12.0. The van der Waals surface area contributed by atoms with Gasteiger partial charge in [0.05, 0.1) is 19.0 Å². The lowest BCUT2D eigenvalue weighted by Crippen LogP contribution is -2.15. The lowest BCUT2D eigenvalue weighted by molar-refractivity contribution is 0.0995. The van der Waals surface area contributed by atoms with Crippen molar-refractivity contribution < 1.29 is 9.21 Å². The van der Waals surface area contributed by atoms with E-state index in [-0.39, 0.29) is 11.7 Å². The van der Waals surface area contributed by atoms with Crippen LogP contribution in [0.1, 0.15) is 16.1 Å². The van der Waals surface area contributed by atoms with Gasteiger partial charge in [-0.25, -0.2) is 4.68 Å². The summed E-state index contributed by atoms with van der Waals surface area (Å²) >= 11 is 5.86. The van der Waals surface area contributed by atoms with Crippen LogP contribution < -0.4 is 5.32 Å². The number of rotatable bonds is 4. The molecule has 0 aliphatic carbocycles. The lowest BCUT2D eigenvalue weighted by Gasteiger charge is -2.08. The molecule has 0 spiro atoms. The van der Waals surface area contributed by atoms with Crippen molar-refractivity contribution in [2.75, 3.05) is 5.32 Å². The molecule has 0 unspecified atom stereocenters. The Morgan fingerprint density at radius 3 is 2.76 bits per heavy atom. The van der Waals surface area contributed by atoms with E-state index in [4.69, 9.17) is 16.0 Å². The molecule has 0 aliphatic heterocycles. The van der Waals surface area contributed by atoms with Crippen molar-refractivity contribution in [1.82, 2.24) is 9.78 Å². The highest BCUT2D eigenvalue weighted by molar-refractivity contribution is 6.30. The summed E-state index contributed by atoms with van der Waals surface area (Å²) in [5.74, 6) is 0.554. The van der Waals surface area contributed by atoms with Crippen molar-refractivity contribution in [3.8, 4) is 0 Å². The molecular weight excluding hydrogens is 290 g/mol. The van der Waals surface area contributed by atoms with Gasteiger partial charge in [-0.3, -0.25) is 4.79 Å². The Kier molecular flexibility index (Phi) is 3.75. The highest BCUT2D eigenvalue weighted by Crippen LogP contribution is 2.14. The zero-order valence-corrected chi connectivity index (χ0v) is 11.7. The fourth-order valence-corrected chi connectivity index (χ4v) is 2.04.